The van der Waals surface area contributed by atoms with E-state index in [4.69, 9.17) is 14.2 Å². The lowest BCUT2D eigenvalue weighted by Gasteiger charge is -2.41. The van der Waals surface area contributed by atoms with Gasteiger partial charge in [0.05, 0.1) is 25.4 Å². The van der Waals surface area contributed by atoms with Crippen molar-refractivity contribution >= 4 is 11.9 Å². The SMILES string of the molecule is CC/C=C\C/C=C\C/C=C\C/C=C\C/C=C\CCCCCCCCC(O)C(=O)NC(COC1OC(CO)C(O)C(O)C1OC(=O)CCCCCCCCCCCCCCCCCCC/C=C\C/C=C\CCCCC)C(O)/C=C/CCCCCCCCCCCCC. The van der Waals surface area contributed by atoms with Crippen molar-refractivity contribution in [2.24, 2.45) is 0 Å². The molecule has 0 aromatic heterocycles. The minimum absolute atomic E-state index is 0.121. The molecule has 0 saturated carbocycles. The Labute approximate surface area is 558 Å². The molecule has 8 unspecified atom stereocenters. The summed E-state index contributed by atoms with van der Waals surface area (Å²) in [6.07, 6.45) is 80.2. The number of unbranched alkanes of at least 4 members (excludes halogenated alkanes) is 37. The van der Waals surface area contributed by atoms with Crippen LogP contribution in [0.3, 0.4) is 0 Å². The highest BCUT2D eigenvalue weighted by atomic mass is 16.7. The molecule has 11 nitrogen and oxygen atoms in total. The standard InChI is InChI=1S/C80H141NO10/c1-4-7-10-13-16-19-22-25-27-29-31-33-35-36-37-38-39-41-43-45-47-50-53-56-59-62-65-68-75(85)91-78-77(87)76(86)74(69-82)90-80(78)89-70-71(72(83)66-63-60-57-54-51-48-24-21-18-15-12-9-6-3)81-79(88)73(84)67-64-61-58-55-52-49-46-44-42-40-34-32-30-28-26-23-20-17-14-11-8-5-2/h8,11,16-17,19-20,25-28,32,34,42,44,63,66,71-74,76-78,80,82-84,86-87H,4-7,9-10,12-15,18,21-24,29-31,33,35-41,43,45-62,64-65,67-70H2,1-3H3,(H,81,88)/b11-8-,19-16-,20-17-,27-25-,28-26-,34-32-,44-42-,66-63+. The molecule has 1 saturated heterocycles. The van der Waals surface area contributed by atoms with Crippen molar-refractivity contribution in [2.75, 3.05) is 13.2 Å². The molecule has 0 aliphatic carbocycles. The van der Waals surface area contributed by atoms with Gasteiger partial charge in [-0.15, -0.1) is 0 Å². The fraction of sp³-hybridized carbons (Fsp3) is 0.775. The molecule has 8 atom stereocenters. The van der Waals surface area contributed by atoms with Crippen molar-refractivity contribution in [3.8, 4) is 0 Å². The molecule has 526 valence electrons. The highest BCUT2D eigenvalue weighted by Gasteiger charge is 2.47. The molecule has 0 aromatic rings. The normalized spacial score (nSPS) is 18.5. The number of carbonyl (C=O) groups is 2. The van der Waals surface area contributed by atoms with E-state index in [0.29, 0.717) is 12.8 Å². The van der Waals surface area contributed by atoms with Gasteiger partial charge in [-0.2, -0.15) is 0 Å². The first-order chi connectivity index (χ1) is 44.7. The van der Waals surface area contributed by atoms with Gasteiger partial charge in [0.25, 0.3) is 0 Å². The van der Waals surface area contributed by atoms with Crippen molar-refractivity contribution in [2.45, 2.75) is 384 Å². The third-order valence-electron chi connectivity index (χ3n) is 17.5. The van der Waals surface area contributed by atoms with E-state index in [-0.39, 0.29) is 19.4 Å². The summed E-state index contributed by atoms with van der Waals surface area (Å²) in [6, 6.07) is -1.04. The number of allylic oxidation sites excluding steroid dienone is 15. The van der Waals surface area contributed by atoms with E-state index in [1.165, 1.54) is 173 Å². The summed E-state index contributed by atoms with van der Waals surface area (Å²) < 4.78 is 17.7. The summed E-state index contributed by atoms with van der Waals surface area (Å²) >= 11 is 0. The molecule has 0 bridgehead atoms. The van der Waals surface area contributed by atoms with Gasteiger partial charge in [-0.3, -0.25) is 9.59 Å². The van der Waals surface area contributed by atoms with E-state index >= 15 is 0 Å². The maximum absolute atomic E-state index is 13.5. The Hall–Kier alpha value is -3.42. The molecule has 1 aliphatic heterocycles. The molecule has 11 heteroatoms. The van der Waals surface area contributed by atoms with E-state index in [1.54, 1.807) is 6.08 Å². The third kappa shape index (κ3) is 53.5. The smallest absolute Gasteiger partial charge is 0.306 e. The van der Waals surface area contributed by atoms with Gasteiger partial charge in [-0.05, 0) is 103 Å². The van der Waals surface area contributed by atoms with Crippen LogP contribution in [0.5, 0.6) is 0 Å². The zero-order valence-electron chi connectivity index (χ0n) is 58.7. The number of nitrogens with one attached hydrogen (secondary N) is 1. The molecular formula is C80H141NO10. The number of hydrogen-bond acceptors (Lipinski definition) is 10. The molecule has 1 aliphatic rings. The zero-order valence-corrected chi connectivity index (χ0v) is 58.7. The number of ether oxygens (including phenoxy) is 3. The number of esters is 1. The van der Waals surface area contributed by atoms with E-state index in [2.05, 4.69) is 111 Å². The Morgan fingerprint density at radius 3 is 1.21 bits per heavy atom. The molecule has 91 heavy (non-hydrogen) atoms. The van der Waals surface area contributed by atoms with Crippen LogP contribution in [0.15, 0.2) is 97.2 Å². The molecular weight excluding hydrogens is 1130 g/mol. The van der Waals surface area contributed by atoms with Crippen molar-refractivity contribution in [3.05, 3.63) is 97.2 Å². The molecule has 0 radical (unpaired) electrons. The van der Waals surface area contributed by atoms with Crippen LogP contribution in [-0.4, -0.2) is 99.6 Å². The average molecular weight is 1280 g/mol. The van der Waals surface area contributed by atoms with Crippen LogP contribution in [0, 0.1) is 0 Å². The second-order valence-electron chi connectivity index (χ2n) is 26.0. The van der Waals surface area contributed by atoms with Crippen LogP contribution in [0.1, 0.15) is 335 Å². The van der Waals surface area contributed by atoms with Gasteiger partial charge in [-0.1, -0.05) is 323 Å². The quantitative estimate of drug-likeness (QED) is 0.0195. The number of hydrogen-bond donors (Lipinski definition) is 6. The van der Waals surface area contributed by atoms with Gasteiger partial charge in [0.1, 0.15) is 24.4 Å². The first kappa shape index (κ1) is 85.6. The van der Waals surface area contributed by atoms with Gasteiger partial charge in [0.15, 0.2) is 12.4 Å². The van der Waals surface area contributed by atoms with Gasteiger partial charge in [0.2, 0.25) is 5.91 Å². The van der Waals surface area contributed by atoms with Crippen molar-refractivity contribution in [3.63, 3.8) is 0 Å². The van der Waals surface area contributed by atoms with Crippen LogP contribution in [-0.2, 0) is 23.8 Å². The van der Waals surface area contributed by atoms with Crippen LogP contribution >= 0.6 is 0 Å². The minimum Gasteiger partial charge on any atom is -0.454 e. The fourth-order valence-corrected chi connectivity index (χ4v) is 11.5. The highest BCUT2D eigenvalue weighted by molar-refractivity contribution is 5.80. The Morgan fingerprint density at radius 1 is 0.440 bits per heavy atom. The van der Waals surface area contributed by atoms with E-state index in [9.17, 15) is 35.1 Å². The van der Waals surface area contributed by atoms with Gasteiger partial charge in [0, 0.05) is 6.42 Å². The summed E-state index contributed by atoms with van der Waals surface area (Å²) in [7, 11) is 0. The Balaban J connectivity index is 2.55. The average Bonchev–Trinajstić information content (AvgIpc) is 1.05. The second kappa shape index (κ2) is 66.6. The minimum atomic E-state index is -1.62. The summed E-state index contributed by atoms with van der Waals surface area (Å²) in [6.45, 7) is 5.69. The summed E-state index contributed by atoms with van der Waals surface area (Å²) in [4.78, 5) is 26.8. The van der Waals surface area contributed by atoms with Crippen LogP contribution in [0.25, 0.3) is 0 Å². The van der Waals surface area contributed by atoms with Gasteiger partial charge >= 0.3 is 5.97 Å². The molecule has 1 rings (SSSR count). The zero-order chi connectivity index (χ0) is 66.0. The number of rotatable bonds is 65. The topological polar surface area (TPSA) is 175 Å². The first-order valence-corrected chi connectivity index (χ1v) is 38.0. The maximum Gasteiger partial charge on any atom is 0.306 e. The Bertz CT molecular complexity index is 1860. The number of aliphatic hydroxyl groups is 5. The maximum atomic E-state index is 13.5. The van der Waals surface area contributed by atoms with E-state index in [0.717, 1.165) is 116 Å². The van der Waals surface area contributed by atoms with Crippen LogP contribution in [0.4, 0.5) is 0 Å². The van der Waals surface area contributed by atoms with Crippen LogP contribution in [0.2, 0.25) is 0 Å². The van der Waals surface area contributed by atoms with Gasteiger partial charge in [-0.25, -0.2) is 0 Å². The Morgan fingerprint density at radius 2 is 0.791 bits per heavy atom. The number of carbonyl (C=O) groups excluding carboxylic acids is 2. The fourth-order valence-electron chi connectivity index (χ4n) is 11.5. The van der Waals surface area contributed by atoms with E-state index in [1.807, 2.05) is 6.08 Å². The third-order valence-corrected chi connectivity index (χ3v) is 17.5. The number of aliphatic hydroxyl groups excluding tert-OH is 5. The monoisotopic (exact) mass is 1280 g/mol. The predicted octanol–water partition coefficient (Wildman–Crippen LogP) is 20.2. The summed E-state index contributed by atoms with van der Waals surface area (Å²) in [5.41, 5.74) is 0. The lowest BCUT2D eigenvalue weighted by Crippen LogP contribution is -2.61. The molecule has 6 N–H and O–H groups in total. The largest absolute Gasteiger partial charge is 0.454 e. The van der Waals surface area contributed by atoms with E-state index < -0.39 is 67.4 Å². The lowest BCUT2D eigenvalue weighted by molar-refractivity contribution is -0.305. The van der Waals surface area contributed by atoms with Gasteiger partial charge < -0.3 is 45.1 Å². The van der Waals surface area contributed by atoms with Crippen molar-refractivity contribution in [1.82, 2.24) is 5.32 Å². The van der Waals surface area contributed by atoms with Crippen molar-refractivity contribution < 1.29 is 49.3 Å². The molecule has 1 heterocycles. The number of amides is 1. The summed E-state index contributed by atoms with van der Waals surface area (Å²) in [5.74, 6) is -1.20. The van der Waals surface area contributed by atoms with Crippen LogP contribution < -0.4 is 5.32 Å². The molecule has 0 aromatic carbocycles. The lowest BCUT2D eigenvalue weighted by atomic mass is 9.99. The highest BCUT2D eigenvalue weighted by Crippen LogP contribution is 2.26. The molecule has 1 fully saturated rings. The predicted molar refractivity (Wildman–Crippen MR) is 384 cm³/mol. The first-order valence-electron chi connectivity index (χ1n) is 38.0. The molecule has 1 amide bonds. The summed E-state index contributed by atoms with van der Waals surface area (Å²) in [5, 5.41) is 57.4. The second-order valence-corrected chi connectivity index (χ2v) is 26.0. The molecule has 0 spiro atoms. The Kier molecular flexibility index (Phi) is 62.6. The van der Waals surface area contributed by atoms with Crippen molar-refractivity contribution in [1.29, 1.82) is 0 Å².